The van der Waals surface area contributed by atoms with Crippen LogP contribution in [0.3, 0.4) is 0 Å². The maximum absolute atomic E-state index is 12.4. The Labute approximate surface area is 164 Å². The van der Waals surface area contributed by atoms with E-state index >= 15 is 0 Å². The number of aryl methyl sites for hydroxylation is 2. The molecule has 2 amide bonds. The summed E-state index contributed by atoms with van der Waals surface area (Å²) < 4.78 is 25.3. The molecule has 7 nitrogen and oxygen atoms in total. The van der Waals surface area contributed by atoms with Crippen molar-refractivity contribution in [2.45, 2.75) is 33.2 Å². The molecule has 2 N–H and O–H groups in total. The predicted octanol–water partition coefficient (Wildman–Crippen LogP) is 2.09. The molecule has 0 fully saturated rings. The van der Waals surface area contributed by atoms with Gasteiger partial charge in [0.2, 0.25) is 10.0 Å². The number of amides is 2. The molecule has 3 rings (SSSR count). The lowest BCUT2D eigenvalue weighted by atomic mass is 10.1. The van der Waals surface area contributed by atoms with Crippen molar-refractivity contribution in [1.29, 1.82) is 0 Å². The molecule has 2 aromatic carbocycles. The molecular formula is C20H23N3O4S. The molecule has 8 heteroatoms. The van der Waals surface area contributed by atoms with Crippen molar-refractivity contribution >= 4 is 27.5 Å². The van der Waals surface area contributed by atoms with Gasteiger partial charge in [-0.1, -0.05) is 17.7 Å². The Morgan fingerprint density at radius 3 is 2.36 bits per heavy atom. The highest BCUT2D eigenvalue weighted by Gasteiger charge is 2.32. The number of sulfonamides is 1. The minimum atomic E-state index is -3.38. The summed E-state index contributed by atoms with van der Waals surface area (Å²) in [5, 5.41) is 0. The van der Waals surface area contributed by atoms with Crippen LogP contribution in [0, 0.1) is 13.8 Å². The molecule has 1 aliphatic rings. The smallest absolute Gasteiger partial charge is 0.267 e. The second-order valence-electron chi connectivity index (χ2n) is 7.18. The second-order valence-corrected chi connectivity index (χ2v) is 9.04. The van der Waals surface area contributed by atoms with Crippen LogP contribution in [0.2, 0.25) is 0 Å². The van der Waals surface area contributed by atoms with E-state index in [0.717, 1.165) is 16.7 Å². The average Bonchev–Trinajstić information content (AvgIpc) is 2.94. The normalized spacial score (nSPS) is 15.9. The van der Waals surface area contributed by atoms with Crippen molar-refractivity contribution in [2.75, 3.05) is 10.6 Å². The second kappa shape index (κ2) is 7.27. The largest absolute Gasteiger partial charge is 0.269 e. The first kappa shape index (κ1) is 19.9. The molecule has 0 saturated carbocycles. The number of fused-ring (bicyclic) bond motifs is 1. The summed E-state index contributed by atoms with van der Waals surface area (Å²) in [6.45, 7) is 5.60. The zero-order valence-electron chi connectivity index (χ0n) is 16.2. The molecule has 0 bridgehead atoms. The molecule has 0 saturated heterocycles. The van der Waals surface area contributed by atoms with Crippen LogP contribution in [0.15, 0.2) is 36.4 Å². The maximum Gasteiger partial charge on any atom is 0.269 e. The van der Waals surface area contributed by atoms with E-state index < -0.39 is 21.8 Å². The Kier molecular flexibility index (Phi) is 5.16. The fourth-order valence-corrected chi connectivity index (χ4v) is 4.83. The number of rotatable bonds is 3. The Morgan fingerprint density at radius 1 is 1.04 bits per heavy atom. The van der Waals surface area contributed by atoms with Gasteiger partial charge in [0.25, 0.3) is 11.8 Å². The fraction of sp³-hybridized carbons (Fsp3) is 0.300. The van der Waals surface area contributed by atoms with Crippen molar-refractivity contribution in [2.24, 2.45) is 0 Å². The van der Waals surface area contributed by atoms with Gasteiger partial charge in [0.05, 0.1) is 11.9 Å². The molecule has 0 spiro atoms. The number of hydrazine groups is 1. The van der Waals surface area contributed by atoms with Crippen molar-refractivity contribution < 1.29 is 18.0 Å². The highest BCUT2D eigenvalue weighted by Crippen LogP contribution is 2.34. The van der Waals surface area contributed by atoms with Crippen LogP contribution in [-0.2, 0) is 16.4 Å². The number of hydrogen-bond acceptors (Lipinski definition) is 4. The first-order valence-corrected chi connectivity index (χ1v) is 10.7. The Hall–Kier alpha value is -2.87. The zero-order valence-corrected chi connectivity index (χ0v) is 17.1. The topological polar surface area (TPSA) is 95.6 Å². The third-order valence-electron chi connectivity index (χ3n) is 4.77. The Balaban J connectivity index is 1.72. The molecule has 28 heavy (non-hydrogen) atoms. The van der Waals surface area contributed by atoms with Crippen LogP contribution in [0.4, 0.5) is 5.69 Å². The van der Waals surface area contributed by atoms with Gasteiger partial charge in [-0.3, -0.25) is 24.7 Å². The minimum absolute atomic E-state index is 0.201. The van der Waals surface area contributed by atoms with Crippen LogP contribution in [0.25, 0.3) is 0 Å². The zero-order chi connectivity index (χ0) is 20.6. The van der Waals surface area contributed by atoms with Crippen LogP contribution < -0.4 is 15.2 Å². The summed E-state index contributed by atoms with van der Waals surface area (Å²) in [6.07, 6.45) is 1.69. The van der Waals surface area contributed by atoms with Gasteiger partial charge < -0.3 is 0 Å². The van der Waals surface area contributed by atoms with Crippen molar-refractivity contribution in [3.8, 4) is 0 Å². The lowest BCUT2D eigenvalue weighted by Crippen LogP contribution is -2.41. The highest BCUT2D eigenvalue weighted by atomic mass is 32.2. The lowest BCUT2D eigenvalue weighted by Gasteiger charge is -2.21. The summed E-state index contributed by atoms with van der Waals surface area (Å²) in [4.78, 5) is 24.7. The maximum atomic E-state index is 12.4. The van der Waals surface area contributed by atoms with Crippen molar-refractivity contribution in [3.63, 3.8) is 0 Å². The third kappa shape index (κ3) is 3.87. The third-order valence-corrected chi connectivity index (χ3v) is 6.04. The number of carbonyl (C=O) groups is 2. The van der Waals surface area contributed by atoms with E-state index in [-0.39, 0.29) is 6.04 Å². The number of hydrogen-bond donors (Lipinski definition) is 2. The number of nitrogens with one attached hydrogen (secondary N) is 2. The summed E-state index contributed by atoms with van der Waals surface area (Å²) >= 11 is 0. The van der Waals surface area contributed by atoms with Gasteiger partial charge in [0, 0.05) is 17.2 Å². The van der Waals surface area contributed by atoms with Crippen LogP contribution >= 0.6 is 0 Å². The van der Waals surface area contributed by atoms with E-state index in [0.29, 0.717) is 23.2 Å². The van der Waals surface area contributed by atoms with Gasteiger partial charge in [0.1, 0.15) is 0 Å². The molecule has 0 aromatic heterocycles. The van der Waals surface area contributed by atoms with Gasteiger partial charge in [-0.15, -0.1) is 0 Å². The minimum Gasteiger partial charge on any atom is -0.267 e. The molecule has 0 radical (unpaired) electrons. The molecule has 148 valence electrons. The SMILES string of the molecule is Cc1ccc(C(=O)NNC(=O)c2ccc3c(c2)C[C@H](C)N3S(C)(=O)=O)c(C)c1. The molecule has 1 heterocycles. The van der Waals surface area contributed by atoms with Gasteiger partial charge >= 0.3 is 0 Å². The number of nitrogens with zero attached hydrogens (tertiary/aromatic N) is 1. The van der Waals surface area contributed by atoms with Crippen LogP contribution in [0.5, 0.6) is 0 Å². The fourth-order valence-electron chi connectivity index (χ4n) is 3.57. The summed E-state index contributed by atoms with van der Waals surface area (Å²) in [6, 6.07) is 10.1. The molecule has 0 unspecified atom stereocenters. The highest BCUT2D eigenvalue weighted by molar-refractivity contribution is 7.92. The van der Waals surface area contributed by atoms with Gasteiger partial charge in [-0.05, 0) is 62.6 Å². The van der Waals surface area contributed by atoms with Crippen molar-refractivity contribution in [3.05, 3.63) is 64.2 Å². The summed E-state index contributed by atoms with van der Waals surface area (Å²) in [7, 11) is -3.38. The van der Waals surface area contributed by atoms with Gasteiger partial charge in [0.15, 0.2) is 0 Å². The molecule has 1 atom stereocenters. The molecule has 1 aliphatic heterocycles. The Morgan fingerprint density at radius 2 is 1.71 bits per heavy atom. The first-order valence-electron chi connectivity index (χ1n) is 8.88. The molecular weight excluding hydrogens is 378 g/mol. The van der Waals surface area contributed by atoms with E-state index in [4.69, 9.17) is 0 Å². The number of carbonyl (C=O) groups excluding carboxylic acids is 2. The number of benzene rings is 2. The standard InChI is InChI=1S/C20H23N3O4S/c1-12-5-7-17(13(2)9-12)20(25)22-21-19(24)15-6-8-18-16(11-15)10-14(3)23(18)28(4,26)27/h5-9,11,14H,10H2,1-4H3,(H,21,24)(H,22,25)/t14-/m0/s1. The number of anilines is 1. The van der Waals surface area contributed by atoms with Crippen LogP contribution in [-0.4, -0.2) is 32.5 Å². The van der Waals surface area contributed by atoms with Crippen LogP contribution in [0.1, 0.15) is 44.3 Å². The average molecular weight is 401 g/mol. The summed E-state index contributed by atoms with van der Waals surface area (Å²) in [5.74, 6) is -0.866. The first-order chi connectivity index (χ1) is 13.1. The van der Waals surface area contributed by atoms with Gasteiger partial charge in [-0.2, -0.15) is 0 Å². The van der Waals surface area contributed by atoms with Crippen molar-refractivity contribution in [1.82, 2.24) is 10.9 Å². The molecule has 2 aromatic rings. The Bertz CT molecular complexity index is 1060. The summed E-state index contributed by atoms with van der Waals surface area (Å²) in [5.41, 5.74) is 8.91. The lowest BCUT2D eigenvalue weighted by molar-refractivity contribution is 0.0846. The van der Waals surface area contributed by atoms with Gasteiger partial charge in [-0.25, -0.2) is 8.42 Å². The predicted molar refractivity (Wildman–Crippen MR) is 108 cm³/mol. The van der Waals surface area contributed by atoms with E-state index in [9.17, 15) is 18.0 Å². The van der Waals surface area contributed by atoms with E-state index in [1.165, 1.54) is 10.6 Å². The molecule has 0 aliphatic carbocycles. The quantitative estimate of drug-likeness (QED) is 0.770. The monoisotopic (exact) mass is 401 g/mol. The van der Waals surface area contributed by atoms with E-state index in [1.54, 1.807) is 24.3 Å². The van der Waals surface area contributed by atoms with E-state index in [1.807, 2.05) is 32.9 Å². The van der Waals surface area contributed by atoms with E-state index in [2.05, 4.69) is 10.9 Å².